The number of aromatic nitrogens is 3. The Kier molecular flexibility index (Phi) is 5.67. The van der Waals surface area contributed by atoms with Gasteiger partial charge in [-0.2, -0.15) is 0 Å². The van der Waals surface area contributed by atoms with Crippen molar-refractivity contribution >= 4 is 16.9 Å². The van der Waals surface area contributed by atoms with Gasteiger partial charge in [0.1, 0.15) is 0 Å². The highest BCUT2D eigenvalue weighted by atomic mass is 16.3. The molecule has 3 N–H and O–H groups in total. The van der Waals surface area contributed by atoms with Crippen LogP contribution in [-0.2, 0) is 18.3 Å². The van der Waals surface area contributed by atoms with Crippen molar-refractivity contribution in [2.75, 3.05) is 13.2 Å². The Morgan fingerprint density at radius 2 is 1.96 bits per heavy atom. The Morgan fingerprint density at radius 1 is 1.32 bits per heavy atom. The van der Waals surface area contributed by atoms with Crippen LogP contribution in [0.15, 0.2) is 4.79 Å². The van der Waals surface area contributed by atoms with E-state index in [1.807, 2.05) is 27.7 Å². The van der Waals surface area contributed by atoms with Crippen molar-refractivity contribution in [2.24, 2.45) is 12.5 Å². The zero-order valence-electron chi connectivity index (χ0n) is 15.7. The van der Waals surface area contributed by atoms with Crippen molar-refractivity contribution in [2.45, 2.75) is 47.0 Å². The smallest absolute Gasteiger partial charge is 0.276 e. The fourth-order valence-electron chi connectivity index (χ4n) is 3.16. The summed E-state index contributed by atoms with van der Waals surface area (Å²) in [4.78, 5) is 29.1. The molecule has 0 radical (unpaired) electrons. The van der Waals surface area contributed by atoms with Crippen LogP contribution in [0.4, 0.5) is 0 Å². The average Bonchev–Trinajstić information content (AvgIpc) is 2.87. The number of hydrogen-bond donors (Lipinski definition) is 3. The number of aromatic amines is 1. The fourth-order valence-corrected chi connectivity index (χ4v) is 3.16. The second kappa shape index (κ2) is 7.39. The molecule has 1 amide bonds. The average molecular weight is 348 g/mol. The number of amides is 1. The molecule has 0 fully saturated rings. The molecule has 0 aromatic carbocycles. The largest absolute Gasteiger partial charge is 0.396 e. The van der Waals surface area contributed by atoms with Gasteiger partial charge in [0, 0.05) is 24.7 Å². The van der Waals surface area contributed by atoms with Crippen molar-refractivity contribution in [1.82, 2.24) is 20.1 Å². The second-order valence-corrected chi connectivity index (χ2v) is 6.82. The molecule has 7 nitrogen and oxygen atoms in total. The van der Waals surface area contributed by atoms with Gasteiger partial charge >= 0.3 is 0 Å². The summed E-state index contributed by atoms with van der Waals surface area (Å²) < 4.78 is 1.39. The third-order valence-corrected chi connectivity index (χ3v) is 5.41. The first kappa shape index (κ1) is 19.2. The van der Waals surface area contributed by atoms with Gasteiger partial charge in [0.05, 0.1) is 18.4 Å². The number of H-pyrrole nitrogens is 1. The Bertz CT molecular complexity index is 823. The molecule has 0 unspecified atom stereocenters. The predicted octanol–water partition coefficient (Wildman–Crippen LogP) is 1.34. The zero-order valence-corrected chi connectivity index (χ0v) is 15.7. The van der Waals surface area contributed by atoms with Crippen LogP contribution < -0.4 is 10.9 Å². The second-order valence-electron chi connectivity index (χ2n) is 6.82. The minimum atomic E-state index is -0.279. The van der Waals surface area contributed by atoms with Crippen LogP contribution in [0.3, 0.4) is 0 Å². The molecule has 0 aliphatic heterocycles. The van der Waals surface area contributed by atoms with E-state index in [2.05, 4.69) is 15.4 Å². The summed E-state index contributed by atoms with van der Waals surface area (Å²) in [5.74, 6) is -0.126. The number of aliphatic hydroxyl groups excluding tert-OH is 1. The van der Waals surface area contributed by atoms with E-state index in [1.165, 1.54) is 4.68 Å². The molecule has 0 aliphatic carbocycles. The molecule has 2 aromatic heterocycles. The van der Waals surface area contributed by atoms with Gasteiger partial charge < -0.3 is 10.4 Å². The number of pyridine rings is 1. The minimum absolute atomic E-state index is 0.0469. The fraction of sp³-hybridized carbons (Fsp3) is 0.611. The summed E-state index contributed by atoms with van der Waals surface area (Å²) in [5.41, 5.74) is 2.43. The van der Waals surface area contributed by atoms with Crippen molar-refractivity contribution < 1.29 is 9.90 Å². The van der Waals surface area contributed by atoms with Crippen LogP contribution in [0.25, 0.3) is 11.0 Å². The maximum atomic E-state index is 12.4. The monoisotopic (exact) mass is 348 g/mol. The van der Waals surface area contributed by atoms with Gasteiger partial charge in [0.2, 0.25) is 5.91 Å². The molecule has 0 aliphatic rings. The Labute approximate surface area is 147 Å². The minimum Gasteiger partial charge on any atom is -0.396 e. The first-order chi connectivity index (χ1) is 11.8. The SMILES string of the molecule is CCC(CC)(CO)CNC(=O)Cc1c(C)nc2[nH]n(C)c(=O)c2c1C. The summed E-state index contributed by atoms with van der Waals surface area (Å²) in [6, 6.07) is 0. The third-order valence-electron chi connectivity index (χ3n) is 5.41. The molecule has 0 saturated heterocycles. The lowest BCUT2D eigenvalue weighted by Gasteiger charge is -2.29. The number of fused-ring (bicyclic) bond motifs is 1. The number of carbonyl (C=O) groups excluding carboxylic acids is 1. The van der Waals surface area contributed by atoms with Crippen molar-refractivity contribution in [3.8, 4) is 0 Å². The first-order valence-corrected chi connectivity index (χ1v) is 8.71. The maximum absolute atomic E-state index is 12.4. The van der Waals surface area contributed by atoms with E-state index in [1.54, 1.807) is 7.05 Å². The molecule has 7 heteroatoms. The van der Waals surface area contributed by atoms with Crippen molar-refractivity contribution in [1.29, 1.82) is 0 Å². The number of carbonyl (C=O) groups is 1. The molecule has 0 atom stereocenters. The van der Waals surface area contributed by atoms with Crippen molar-refractivity contribution in [3.63, 3.8) is 0 Å². The number of aliphatic hydroxyl groups is 1. The van der Waals surface area contributed by atoms with Crippen molar-refractivity contribution in [3.05, 3.63) is 27.2 Å². The standard InChI is InChI=1S/C18H28N4O3/c1-6-18(7-2,10-23)9-19-14(24)8-13-11(3)15-16(20-12(13)4)21-22(5)17(15)25/h23H,6-10H2,1-5H3,(H,19,24)(H,20,21). The molecule has 2 aromatic rings. The highest BCUT2D eigenvalue weighted by molar-refractivity contribution is 5.84. The van der Waals surface area contributed by atoms with Gasteiger partial charge in [-0.15, -0.1) is 0 Å². The molecule has 0 saturated carbocycles. The Morgan fingerprint density at radius 3 is 2.52 bits per heavy atom. The highest BCUT2D eigenvalue weighted by Gasteiger charge is 2.26. The van der Waals surface area contributed by atoms with Crippen LogP contribution in [0.1, 0.15) is 43.5 Å². The number of rotatable bonds is 7. The van der Waals surface area contributed by atoms with E-state index < -0.39 is 0 Å². The van der Waals surface area contributed by atoms with Crippen LogP contribution in [0.2, 0.25) is 0 Å². The van der Waals surface area contributed by atoms with Crippen LogP contribution >= 0.6 is 0 Å². The zero-order chi connectivity index (χ0) is 18.8. The third kappa shape index (κ3) is 3.61. The summed E-state index contributed by atoms with van der Waals surface area (Å²) in [6.45, 7) is 8.21. The topological polar surface area (TPSA) is 100 Å². The van der Waals surface area contributed by atoms with Crippen LogP contribution in [0, 0.1) is 19.3 Å². The van der Waals surface area contributed by atoms with Crippen LogP contribution in [0.5, 0.6) is 0 Å². The van der Waals surface area contributed by atoms with Gasteiger partial charge in [-0.25, -0.2) is 4.98 Å². The van der Waals surface area contributed by atoms with Gasteiger partial charge in [-0.05, 0) is 37.8 Å². The van der Waals surface area contributed by atoms with E-state index in [0.29, 0.717) is 17.6 Å². The van der Waals surface area contributed by atoms with Gasteiger partial charge in [-0.3, -0.25) is 19.4 Å². The molecule has 0 bridgehead atoms. The van der Waals surface area contributed by atoms with Gasteiger partial charge in [0.25, 0.3) is 5.56 Å². The quantitative estimate of drug-likeness (QED) is 0.703. The van der Waals surface area contributed by atoms with E-state index in [-0.39, 0.29) is 29.9 Å². The van der Waals surface area contributed by atoms with Gasteiger partial charge in [0.15, 0.2) is 5.65 Å². The summed E-state index contributed by atoms with van der Waals surface area (Å²) >= 11 is 0. The van der Waals surface area contributed by atoms with E-state index >= 15 is 0 Å². The number of nitrogens with one attached hydrogen (secondary N) is 2. The molecular weight excluding hydrogens is 320 g/mol. The maximum Gasteiger partial charge on any atom is 0.276 e. The molecule has 2 heterocycles. The number of aryl methyl sites for hydroxylation is 3. The van der Waals surface area contributed by atoms with E-state index in [9.17, 15) is 14.7 Å². The predicted molar refractivity (Wildman–Crippen MR) is 97.6 cm³/mol. The summed E-state index contributed by atoms with van der Waals surface area (Å²) in [6.07, 6.45) is 1.76. The number of nitrogens with zero attached hydrogens (tertiary/aromatic N) is 2. The molecule has 138 valence electrons. The lowest BCUT2D eigenvalue weighted by molar-refractivity contribution is -0.121. The Hall–Kier alpha value is -2.15. The van der Waals surface area contributed by atoms with Crippen LogP contribution in [-0.4, -0.2) is 38.9 Å². The molecule has 25 heavy (non-hydrogen) atoms. The molecular formula is C18H28N4O3. The summed E-state index contributed by atoms with van der Waals surface area (Å²) in [7, 11) is 1.65. The van der Waals surface area contributed by atoms with Gasteiger partial charge in [-0.1, -0.05) is 13.8 Å². The molecule has 2 rings (SSSR count). The Balaban J connectivity index is 2.24. The number of hydrogen-bond acceptors (Lipinski definition) is 4. The van der Waals surface area contributed by atoms with E-state index in [4.69, 9.17) is 0 Å². The summed E-state index contributed by atoms with van der Waals surface area (Å²) in [5, 5.41) is 16.0. The normalized spacial score (nSPS) is 11.9. The highest BCUT2D eigenvalue weighted by Crippen LogP contribution is 2.24. The lowest BCUT2D eigenvalue weighted by atomic mass is 9.83. The lowest BCUT2D eigenvalue weighted by Crippen LogP contribution is -2.40. The first-order valence-electron chi connectivity index (χ1n) is 8.71. The molecule has 0 spiro atoms. The van der Waals surface area contributed by atoms with E-state index in [0.717, 1.165) is 29.7 Å².